The van der Waals surface area contributed by atoms with Gasteiger partial charge in [-0.25, -0.2) is 0 Å². The van der Waals surface area contributed by atoms with Crippen LogP contribution in [-0.4, -0.2) is 42.5 Å². The third kappa shape index (κ3) is 3.46. The molecule has 16 heavy (non-hydrogen) atoms. The second-order valence-electron chi connectivity index (χ2n) is 4.91. The van der Waals surface area contributed by atoms with Crippen molar-refractivity contribution in [1.29, 1.82) is 0 Å². The first-order chi connectivity index (χ1) is 7.55. The lowest BCUT2D eigenvalue weighted by molar-refractivity contribution is -0.124. The van der Waals surface area contributed by atoms with Crippen molar-refractivity contribution in [2.45, 2.75) is 39.2 Å². The minimum atomic E-state index is -0.190. The zero-order valence-corrected chi connectivity index (χ0v) is 10.8. The van der Waals surface area contributed by atoms with E-state index in [1.807, 2.05) is 0 Å². The number of hydrogen-bond donors (Lipinski definition) is 2. The first kappa shape index (κ1) is 13.5. The Hall–Kier alpha value is -0.610. The van der Waals surface area contributed by atoms with E-state index in [9.17, 15) is 4.79 Å². The fourth-order valence-corrected chi connectivity index (χ4v) is 2.05. The molecule has 0 aromatic rings. The highest BCUT2D eigenvalue weighted by molar-refractivity contribution is 5.79. The second-order valence-corrected chi connectivity index (χ2v) is 4.91. The lowest BCUT2D eigenvalue weighted by Crippen LogP contribution is -2.55. The van der Waals surface area contributed by atoms with Crippen LogP contribution < -0.4 is 11.1 Å². The molecule has 1 saturated carbocycles. The van der Waals surface area contributed by atoms with E-state index in [0.29, 0.717) is 19.0 Å². The molecule has 94 valence electrons. The number of carbonyl (C=O) groups excluding carboxylic acids is 1. The Balaban J connectivity index is 2.42. The highest BCUT2D eigenvalue weighted by Crippen LogP contribution is 2.38. The van der Waals surface area contributed by atoms with Gasteiger partial charge in [0.05, 0.1) is 12.1 Å². The van der Waals surface area contributed by atoms with Crippen molar-refractivity contribution in [1.82, 2.24) is 10.2 Å². The third-order valence-electron chi connectivity index (χ3n) is 3.59. The van der Waals surface area contributed by atoms with Crippen LogP contribution in [0.4, 0.5) is 0 Å². The van der Waals surface area contributed by atoms with Crippen LogP contribution in [-0.2, 0) is 4.79 Å². The van der Waals surface area contributed by atoms with Gasteiger partial charge in [0, 0.05) is 6.54 Å². The molecule has 3 N–H and O–H groups in total. The number of nitrogens with one attached hydrogen (secondary N) is 1. The predicted molar refractivity (Wildman–Crippen MR) is 66.1 cm³/mol. The lowest BCUT2D eigenvalue weighted by atomic mass is 9.96. The monoisotopic (exact) mass is 227 g/mol. The number of nitrogens with zero attached hydrogens (tertiary/aromatic N) is 1. The smallest absolute Gasteiger partial charge is 0.234 e. The SMILES string of the molecule is CCN(CC)CC(=O)NC(C)(CN)C1CC1. The van der Waals surface area contributed by atoms with Crippen molar-refractivity contribution < 1.29 is 4.79 Å². The molecule has 0 saturated heterocycles. The predicted octanol–water partition coefficient (Wildman–Crippen LogP) is 0.572. The summed E-state index contributed by atoms with van der Waals surface area (Å²) in [5, 5.41) is 3.10. The summed E-state index contributed by atoms with van der Waals surface area (Å²) < 4.78 is 0. The molecule has 4 heteroatoms. The van der Waals surface area contributed by atoms with Gasteiger partial charge in [0.1, 0.15) is 0 Å². The molecule has 1 aliphatic rings. The van der Waals surface area contributed by atoms with Gasteiger partial charge in [-0.05, 0) is 38.8 Å². The molecule has 1 fully saturated rings. The van der Waals surface area contributed by atoms with Crippen LogP contribution in [0.3, 0.4) is 0 Å². The van der Waals surface area contributed by atoms with E-state index in [2.05, 4.69) is 31.0 Å². The topological polar surface area (TPSA) is 58.4 Å². The summed E-state index contributed by atoms with van der Waals surface area (Å²) >= 11 is 0. The Kier molecular flexibility index (Phi) is 4.74. The van der Waals surface area contributed by atoms with Crippen molar-refractivity contribution in [3.63, 3.8) is 0 Å². The Bertz CT molecular complexity index is 236. The fraction of sp³-hybridized carbons (Fsp3) is 0.917. The highest BCUT2D eigenvalue weighted by Gasteiger charge is 2.41. The molecule has 0 bridgehead atoms. The first-order valence-corrected chi connectivity index (χ1v) is 6.29. The number of likely N-dealkylation sites (N-methyl/N-ethyl adjacent to an activating group) is 1. The van der Waals surface area contributed by atoms with Crippen LogP contribution in [0.15, 0.2) is 0 Å². The summed E-state index contributed by atoms with van der Waals surface area (Å²) in [4.78, 5) is 14.0. The van der Waals surface area contributed by atoms with Crippen LogP contribution >= 0.6 is 0 Å². The first-order valence-electron chi connectivity index (χ1n) is 6.29. The summed E-state index contributed by atoms with van der Waals surface area (Å²) in [6, 6.07) is 0. The molecule has 1 rings (SSSR count). The van der Waals surface area contributed by atoms with Crippen LogP contribution in [0.5, 0.6) is 0 Å². The maximum atomic E-state index is 11.9. The average molecular weight is 227 g/mol. The lowest BCUT2D eigenvalue weighted by Gasteiger charge is -2.30. The van der Waals surface area contributed by atoms with Crippen molar-refractivity contribution in [3.8, 4) is 0 Å². The largest absolute Gasteiger partial charge is 0.348 e. The molecule has 0 heterocycles. The molecule has 1 atom stereocenters. The van der Waals surface area contributed by atoms with E-state index < -0.39 is 0 Å². The van der Waals surface area contributed by atoms with Crippen molar-refractivity contribution in [2.75, 3.05) is 26.2 Å². The Morgan fingerprint density at radius 2 is 2.00 bits per heavy atom. The molecule has 4 nitrogen and oxygen atoms in total. The number of nitrogens with two attached hydrogens (primary N) is 1. The van der Waals surface area contributed by atoms with Gasteiger partial charge in [-0.15, -0.1) is 0 Å². The molecule has 1 aliphatic carbocycles. The van der Waals surface area contributed by atoms with Gasteiger partial charge in [0.2, 0.25) is 5.91 Å². The molecule has 0 aromatic heterocycles. The van der Waals surface area contributed by atoms with Crippen LogP contribution in [0, 0.1) is 5.92 Å². The highest BCUT2D eigenvalue weighted by atomic mass is 16.2. The van der Waals surface area contributed by atoms with Gasteiger partial charge in [0.25, 0.3) is 0 Å². The molecule has 0 aromatic carbocycles. The molecule has 1 amide bonds. The average Bonchev–Trinajstić information content (AvgIpc) is 3.09. The van der Waals surface area contributed by atoms with Crippen LogP contribution in [0.2, 0.25) is 0 Å². The van der Waals surface area contributed by atoms with Crippen molar-refractivity contribution in [2.24, 2.45) is 11.7 Å². The second kappa shape index (κ2) is 5.64. The van der Waals surface area contributed by atoms with E-state index in [4.69, 9.17) is 5.73 Å². The number of rotatable bonds is 7. The number of carbonyl (C=O) groups is 1. The van der Waals surface area contributed by atoms with Gasteiger partial charge in [-0.1, -0.05) is 13.8 Å². The summed E-state index contributed by atoms with van der Waals surface area (Å²) in [6.45, 7) is 9.03. The number of amides is 1. The van der Waals surface area contributed by atoms with Gasteiger partial charge in [0.15, 0.2) is 0 Å². The molecule has 1 unspecified atom stereocenters. The van der Waals surface area contributed by atoms with Gasteiger partial charge >= 0.3 is 0 Å². The third-order valence-corrected chi connectivity index (χ3v) is 3.59. The minimum absolute atomic E-state index is 0.101. The fourth-order valence-electron chi connectivity index (χ4n) is 2.05. The molecular formula is C12H25N3O. The summed E-state index contributed by atoms with van der Waals surface area (Å²) in [5.41, 5.74) is 5.57. The summed E-state index contributed by atoms with van der Waals surface area (Å²) in [7, 11) is 0. The maximum absolute atomic E-state index is 11.9. The van der Waals surface area contributed by atoms with Gasteiger partial charge in [-0.3, -0.25) is 9.69 Å². The van der Waals surface area contributed by atoms with Crippen LogP contribution in [0.1, 0.15) is 33.6 Å². The molecule has 0 spiro atoms. The summed E-state index contributed by atoms with van der Waals surface area (Å²) in [5.74, 6) is 0.682. The zero-order chi connectivity index (χ0) is 12.2. The standard InChI is InChI=1S/C12H25N3O/c1-4-15(5-2)8-11(16)14-12(3,9-13)10-6-7-10/h10H,4-9,13H2,1-3H3,(H,14,16). The normalized spacial score (nSPS) is 19.6. The van der Waals surface area contributed by atoms with E-state index in [-0.39, 0.29) is 11.4 Å². The van der Waals surface area contributed by atoms with Gasteiger partial charge < -0.3 is 11.1 Å². The van der Waals surface area contributed by atoms with E-state index in [1.165, 1.54) is 12.8 Å². The van der Waals surface area contributed by atoms with Crippen molar-refractivity contribution >= 4 is 5.91 Å². The Morgan fingerprint density at radius 3 is 2.38 bits per heavy atom. The van der Waals surface area contributed by atoms with Crippen molar-refractivity contribution in [3.05, 3.63) is 0 Å². The van der Waals surface area contributed by atoms with E-state index in [0.717, 1.165) is 13.1 Å². The van der Waals surface area contributed by atoms with E-state index >= 15 is 0 Å². The maximum Gasteiger partial charge on any atom is 0.234 e. The van der Waals surface area contributed by atoms with Gasteiger partial charge in [-0.2, -0.15) is 0 Å². The number of hydrogen-bond acceptors (Lipinski definition) is 3. The van der Waals surface area contributed by atoms with Crippen LogP contribution in [0.25, 0.3) is 0 Å². The Morgan fingerprint density at radius 1 is 1.44 bits per heavy atom. The zero-order valence-electron chi connectivity index (χ0n) is 10.8. The quantitative estimate of drug-likeness (QED) is 0.668. The molecule has 0 aliphatic heterocycles. The molecule has 0 radical (unpaired) electrons. The Labute approximate surface area is 98.6 Å². The molecular weight excluding hydrogens is 202 g/mol. The summed E-state index contributed by atoms with van der Waals surface area (Å²) in [6.07, 6.45) is 2.39. The minimum Gasteiger partial charge on any atom is -0.348 e. The van der Waals surface area contributed by atoms with E-state index in [1.54, 1.807) is 0 Å².